The zero-order valence-electron chi connectivity index (χ0n) is 14.0. The van der Waals surface area contributed by atoms with Gasteiger partial charge in [0.15, 0.2) is 0 Å². The Bertz CT molecular complexity index is 222. The van der Waals surface area contributed by atoms with E-state index in [1.165, 1.54) is 45.7 Å². The topological polar surface area (TPSA) is 9.72 Å². The standard InChI is InChI=1S/C16H35N3/c1-14(2)18-12-10-17(11-13-18)8-7-9-19(15(3)4)16(5)6/h14-16H,7-13H2,1-6H3. The fraction of sp³-hybridized carbons (Fsp3) is 1.00. The van der Waals surface area contributed by atoms with Gasteiger partial charge >= 0.3 is 0 Å². The summed E-state index contributed by atoms with van der Waals surface area (Å²) in [6.45, 7) is 21.3. The molecule has 0 bridgehead atoms. The molecule has 1 fully saturated rings. The van der Waals surface area contributed by atoms with E-state index in [1.54, 1.807) is 0 Å². The smallest absolute Gasteiger partial charge is 0.0113 e. The summed E-state index contributed by atoms with van der Waals surface area (Å²) in [7, 11) is 0. The number of rotatable bonds is 7. The molecule has 1 heterocycles. The summed E-state index contributed by atoms with van der Waals surface area (Å²) < 4.78 is 0. The fourth-order valence-electron chi connectivity index (χ4n) is 3.09. The molecule has 0 atom stereocenters. The van der Waals surface area contributed by atoms with Crippen molar-refractivity contribution in [1.29, 1.82) is 0 Å². The van der Waals surface area contributed by atoms with Crippen molar-refractivity contribution in [3.8, 4) is 0 Å². The van der Waals surface area contributed by atoms with Crippen molar-refractivity contribution in [3.05, 3.63) is 0 Å². The van der Waals surface area contributed by atoms with E-state index in [4.69, 9.17) is 0 Å². The molecule has 0 radical (unpaired) electrons. The predicted octanol–water partition coefficient (Wildman–Crippen LogP) is 2.52. The Hall–Kier alpha value is -0.120. The molecule has 0 aromatic carbocycles. The highest BCUT2D eigenvalue weighted by atomic mass is 15.3. The van der Waals surface area contributed by atoms with E-state index in [0.717, 1.165) is 0 Å². The first-order valence-corrected chi connectivity index (χ1v) is 8.14. The monoisotopic (exact) mass is 269 g/mol. The Morgan fingerprint density at radius 2 is 1.37 bits per heavy atom. The summed E-state index contributed by atoms with van der Waals surface area (Å²) >= 11 is 0. The molecular weight excluding hydrogens is 234 g/mol. The van der Waals surface area contributed by atoms with Crippen LogP contribution in [-0.4, -0.2) is 72.1 Å². The molecule has 0 saturated carbocycles. The normalized spacial score (nSPS) is 19.3. The Morgan fingerprint density at radius 3 is 1.79 bits per heavy atom. The molecule has 114 valence electrons. The molecule has 0 aliphatic carbocycles. The molecule has 1 rings (SSSR count). The third kappa shape index (κ3) is 5.80. The quantitative estimate of drug-likeness (QED) is 0.703. The first-order chi connectivity index (χ1) is 8.91. The minimum Gasteiger partial charge on any atom is -0.301 e. The molecule has 0 amide bonds. The second kappa shape index (κ2) is 8.23. The van der Waals surface area contributed by atoms with Gasteiger partial charge in [-0.2, -0.15) is 0 Å². The van der Waals surface area contributed by atoms with Crippen molar-refractivity contribution < 1.29 is 0 Å². The van der Waals surface area contributed by atoms with Gasteiger partial charge in [-0.15, -0.1) is 0 Å². The lowest BCUT2D eigenvalue weighted by molar-refractivity contribution is 0.0996. The first kappa shape index (κ1) is 16.9. The molecule has 1 aliphatic rings. The van der Waals surface area contributed by atoms with Crippen molar-refractivity contribution in [2.45, 2.75) is 66.1 Å². The van der Waals surface area contributed by atoms with Crippen LogP contribution in [0.1, 0.15) is 48.0 Å². The molecule has 19 heavy (non-hydrogen) atoms. The van der Waals surface area contributed by atoms with E-state index in [-0.39, 0.29) is 0 Å². The van der Waals surface area contributed by atoms with Gasteiger partial charge in [0.2, 0.25) is 0 Å². The van der Waals surface area contributed by atoms with Crippen molar-refractivity contribution in [2.75, 3.05) is 39.3 Å². The predicted molar refractivity (Wildman–Crippen MR) is 84.7 cm³/mol. The van der Waals surface area contributed by atoms with Gasteiger partial charge in [0.1, 0.15) is 0 Å². The summed E-state index contributed by atoms with van der Waals surface area (Å²) in [5.74, 6) is 0. The zero-order chi connectivity index (χ0) is 14.4. The molecule has 0 aromatic rings. The third-order valence-electron chi connectivity index (χ3n) is 4.35. The van der Waals surface area contributed by atoms with Crippen LogP contribution in [0.5, 0.6) is 0 Å². The van der Waals surface area contributed by atoms with Crippen LogP contribution >= 0.6 is 0 Å². The Kier molecular flexibility index (Phi) is 7.33. The summed E-state index contributed by atoms with van der Waals surface area (Å²) in [5.41, 5.74) is 0. The van der Waals surface area contributed by atoms with Gasteiger partial charge in [-0.3, -0.25) is 9.80 Å². The fourth-order valence-corrected chi connectivity index (χ4v) is 3.09. The first-order valence-electron chi connectivity index (χ1n) is 8.14. The average molecular weight is 269 g/mol. The molecule has 0 spiro atoms. The van der Waals surface area contributed by atoms with Crippen LogP contribution < -0.4 is 0 Å². The second-order valence-electron chi connectivity index (χ2n) is 6.75. The molecule has 0 aromatic heterocycles. The van der Waals surface area contributed by atoms with Gasteiger partial charge in [0, 0.05) is 44.3 Å². The number of nitrogens with zero attached hydrogens (tertiary/aromatic N) is 3. The number of piperazine rings is 1. The van der Waals surface area contributed by atoms with Crippen molar-refractivity contribution in [2.24, 2.45) is 0 Å². The van der Waals surface area contributed by atoms with Gasteiger partial charge in [-0.25, -0.2) is 0 Å². The molecule has 1 saturated heterocycles. The van der Waals surface area contributed by atoms with Gasteiger partial charge < -0.3 is 4.90 Å². The van der Waals surface area contributed by atoms with E-state index in [1.807, 2.05) is 0 Å². The SMILES string of the molecule is CC(C)N1CCN(CCCN(C(C)C)C(C)C)CC1. The van der Waals surface area contributed by atoms with Crippen molar-refractivity contribution >= 4 is 0 Å². The maximum Gasteiger partial charge on any atom is 0.0113 e. The molecule has 3 heteroatoms. The largest absolute Gasteiger partial charge is 0.301 e. The van der Waals surface area contributed by atoms with Crippen LogP contribution in [0.3, 0.4) is 0 Å². The maximum absolute atomic E-state index is 2.64. The minimum atomic E-state index is 0.665. The Morgan fingerprint density at radius 1 is 0.842 bits per heavy atom. The zero-order valence-corrected chi connectivity index (χ0v) is 14.0. The van der Waals surface area contributed by atoms with Crippen LogP contribution in [0, 0.1) is 0 Å². The maximum atomic E-state index is 2.64. The van der Waals surface area contributed by atoms with Gasteiger partial charge in [0.05, 0.1) is 0 Å². The molecule has 0 unspecified atom stereocenters. The summed E-state index contributed by atoms with van der Waals surface area (Å²) in [6.07, 6.45) is 1.30. The van der Waals surface area contributed by atoms with Crippen LogP contribution in [0.15, 0.2) is 0 Å². The second-order valence-corrected chi connectivity index (χ2v) is 6.75. The number of hydrogen-bond donors (Lipinski definition) is 0. The van der Waals surface area contributed by atoms with E-state index in [0.29, 0.717) is 18.1 Å². The van der Waals surface area contributed by atoms with E-state index in [2.05, 4.69) is 56.2 Å². The number of hydrogen-bond acceptors (Lipinski definition) is 3. The molecule has 1 aliphatic heterocycles. The average Bonchev–Trinajstić information content (AvgIpc) is 2.34. The van der Waals surface area contributed by atoms with Gasteiger partial charge in [-0.1, -0.05) is 0 Å². The minimum absolute atomic E-state index is 0.665. The van der Waals surface area contributed by atoms with Crippen LogP contribution in [0.4, 0.5) is 0 Å². The van der Waals surface area contributed by atoms with Crippen LogP contribution in [0.2, 0.25) is 0 Å². The summed E-state index contributed by atoms with van der Waals surface area (Å²) in [6, 6.07) is 2.04. The summed E-state index contributed by atoms with van der Waals surface area (Å²) in [4.78, 5) is 7.83. The van der Waals surface area contributed by atoms with Gasteiger partial charge in [0.25, 0.3) is 0 Å². The summed E-state index contributed by atoms with van der Waals surface area (Å²) in [5, 5.41) is 0. The van der Waals surface area contributed by atoms with Crippen LogP contribution in [0.25, 0.3) is 0 Å². The lowest BCUT2D eigenvalue weighted by Crippen LogP contribution is -2.49. The Balaban J connectivity index is 2.20. The van der Waals surface area contributed by atoms with Crippen molar-refractivity contribution in [3.63, 3.8) is 0 Å². The third-order valence-corrected chi connectivity index (χ3v) is 4.35. The lowest BCUT2D eigenvalue weighted by atomic mass is 10.2. The molecule has 3 nitrogen and oxygen atoms in total. The van der Waals surface area contributed by atoms with Gasteiger partial charge in [-0.05, 0) is 61.1 Å². The van der Waals surface area contributed by atoms with E-state index in [9.17, 15) is 0 Å². The highest BCUT2D eigenvalue weighted by Crippen LogP contribution is 2.09. The highest BCUT2D eigenvalue weighted by molar-refractivity contribution is 4.75. The van der Waals surface area contributed by atoms with Crippen molar-refractivity contribution in [1.82, 2.24) is 14.7 Å². The van der Waals surface area contributed by atoms with Crippen LogP contribution in [-0.2, 0) is 0 Å². The lowest BCUT2D eigenvalue weighted by Gasteiger charge is -2.37. The Labute approximate surface area is 120 Å². The highest BCUT2D eigenvalue weighted by Gasteiger charge is 2.19. The van der Waals surface area contributed by atoms with E-state index < -0.39 is 0 Å². The van der Waals surface area contributed by atoms with E-state index >= 15 is 0 Å². The molecular formula is C16H35N3. The molecule has 0 N–H and O–H groups in total.